The van der Waals surface area contributed by atoms with Crippen LogP contribution >= 0.6 is 11.8 Å². The minimum absolute atomic E-state index is 0.179. The summed E-state index contributed by atoms with van der Waals surface area (Å²) in [7, 11) is 0. The summed E-state index contributed by atoms with van der Waals surface area (Å²) in [6.45, 7) is 4.56. The van der Waals surface area contributed by atoms with E-state index in [1.165, 1.54) is 22.4 Å². The number of amidine groups is 1. The zero-order chi connectivity index (χ0) is 21.3. The molecule has 2 aliphatic rings. The lowest BCUT2D eigenvalue weighted by Crippen LogP contribution is -2.16. The summed E-state index contributed by atoms with van der Waals surface area (Å²) in [6, 6.07) is 14.6. The van der Waals surface area contributed by atoms with Crippen molar-refractivity contribution in [2.45, 2.75) is 49.8 Å². The van der Waals surface area contributed by atoms with Crippen LogP contribution in [0.15, 0.2) is 64.1 Å². The molecule has 2 atom stereocenters. The second-order valence-electron chi connectivity index (χ2n) is 9.36. The van der Waals surface area contributed by atoms with Gasteiger partial charge < -0.3 is 17.2 Å². The van der Waals surface area contributed by atoms with Gasteiger partial charge in [-0.3, -0.25) is 0 Å². The number of nitrogens with zero attached hydrogens (tertiary/aromatic N) is 1. The monoisotopic (exact) mass is 420 g/mol. The maximum Gasteiger partial charge on any atom is 0.125 e. The number of hydrogen-bond acceptors (Lipinski definition) is 4. The number of nitrogen functional groups attached to an aromatic ring is 1. The molecule has 1 heterocycles. The van der Waals surface area contributed by atoms with Crippen LogP contribution < -0.4 is 17.2 Å². The molecule has 1 aliphatic carbocycles. The lowest BCUT2D eigenvalue weighted by Gasteiger charge is -2.17. The molecule has 30 heavy (non-hydrogen) atoms. The minimum Gasteiger partial charge on any atom is -0.402 e. The Morgan fingerprint density at radius 1 is 1.13 bits per heavy atom. The van der Waals surface area contributed by atoms with Crippen LogP contribution in [0.1, 0.15) is 44.2 Å². The van der Waals surface area contributed by atoms with Gasteiger partial charge in [-0.05, 0) is 85.1 Å². The quantitative estimate of drug-likeness (QED) is 0.355. The van der Waals surface area contributed by atoms with Gasteiger partial charge in [-0.2, -0.15) is 0 Å². The third-order valence-corrected chi connectivity index (χ3v) is 7.90. The van der Waals surface area contributed by atoms with Gasteiger partial charge >= 0.3 is 0 Å². The molecule has 2 aromatic carbocycles. The first-order chi connectivity index (χ1) is 14.3. The highest BCUT2D eigenvalue weighted by molar-refractivity contribution is 7.99. The number of anilines is 1. The highest BCUT2D eigenvalue weighted by Gasteiger charge is 2.30. The molecule has 6 N–H and O–H groups in total. The van der Waals surface area contributed by atoms with Crippen LogP contribution in [-0.4, -0.2) is 11.6 Å². The van der Waals surface area contributed by atoms with Crippen LogP contribution in [0.3, 0.4) is 0 Å². The third kappa shape index (κ3) is 4.67. The molecule has 0 aromatic heterocycles. The summed E-state index contributed by atoms with van der Waals surface area (Å²) in [5, 5.41) is 0. The highest BCUT2D eigenvalue weighted by Crippen LogP contribution is 2.44. The Morgan fingerprint density at radius 3 is 2.67 bits per heavy atom. The third-order valence-electron chi connectivity index (χ3n) is 6.37. The summed E-state index contributed by atoms with van der Waals surface area (Å²) in [4.78, 5) is 5.98. The van der Waals surface area contributed by atoms with Crippen LogP contribution in [0.5, 0.6) is 0 Å². The molecule has 0 amide bonds. The van der Waals surface area contributed by atoms with Gasteiger partial charge in [0.25, 0.3) is 0 Å². The van der Waals surface area contributed by atoms with Crippen molar-refractivity contribution in [1.29, 1.82) is 0 Å². The molecule has 4 nitrogen and oxygen atoms in total. The Bertz CT molecular complexity index is 975. The number of nitrogens with two attached hydrogens (primary N) is 3. The molecule has 5 heteroatoms. The lowest BCUT2D eigenvalue weighted by atomic mass is 9.87. The van der Waals surface area contributed by atoms with E-state index >= 15 is 0 Å². The van der Waals surface area contributed by atoms with Gasteiger partial charge in [-0.25, -0.2) is 4.99 Å². The van der Waals surface area contributed by atoms with Gasteiger partial charge in [0.15, 0.2) is 0 Å². The van der Waals surface area contributed by atoms with Gasteiger partial charge in [-0.15, -0.1) is 11.8 Å². The molecule has 2 unspecified atom stereocenters. The predicted molar refractivity (Wildman–Crippen MR) is 129 cm³/mol. The fraction of sp³-hybridized carbons (Fsp3) is 0.400. The van der Waals surface area contributed by atoms with Crippen molar-refractivity contribution in [2.24, 2.45) is 28.3 Å². The van der Waals surface area contributed by atoms with Crippen LogP contribution in [0, 0.1) is 11.8 Å². The topological polar surface area (TPSA) is 90.4 Å². The van der Waals surface area contributed by atoms with Gasteiger partial charge in [0.05, 0.1) is 5.69 Å². The van der Waals surface area contributed by atoms with Crippen molar-refractivity contribution in [3.8, 4) is 0 Å². The zero-order valence-corrected chi connectivity index (χ0v) is 18.7. The predicted octanol–water partition coefficient (Wildman–Crippen LogP) is 5.14. The Labute approximate surface area is 184 Å². The van der Waals surface area contributed by atoms with Gasteiger partial charge in [-0.1, -0.05) is 26.0 Å². The van der Waals surface area contributed by atoms with Gasteiger partial charge in [0.2, 0.25) is 0 Å². The number of fused-ring (bicyclic) bond motifs is 1. The van der Waals surface area contributed by atoms with Crippen LogP contribution in [0.25, 0.3) is 0 Å². The molecule has 1 fully saturated rings. The van der Waals surface area contributed by atoms with Crippen LogP contribution in [0.2, 0.25) is 0 Å². The van der Waals surface area contributed by atoms with Gasteiger partial charge in [0.1, 0.15) is 5.84 Å². The molecule has 0 radical (unpaired) electrons. The van der Waals surface area contributed by atoms with Crippen LogP contribution in [0.4, 0.5) is 11.4 Å². The Hall–Kier alpha value is -2.40. The van der Waals surface area contributed by atoms with Crippen molar-refractivity contribution in [2.75, 3.05) is 11.5 Å². The average molecular weight is 421 g/mol. The minimum atomic E-state index is 0.179. The summed E-state index contributed by atoms with van der Waals surface area (Å²) < 4.78 is 0. The van der Waals surface area contributed by atoms with E-state index in [1.807, 2.05) is 36.0 Å². The van der Waals surface area contributed by atoms with E-state index < -0.39 is 0 Å². The second kappa shape index (κ2) is 8.38. The van der Waals surface area contributed by atoms with Crippen LogP contribution in [-0.2, 0) is 11.8 Å². The van der Waals surface area contributed by atoms with E-state index in [2.05, 4.69) is 43.1 Å². The standard InChI is InChI=1S/C25H32N4S/c1-25(2)15-30-23-10-9-20(13-21(23)25)29-24(28)14-22(27)18-6-3-17(12-18)11-16-4-7-19(26)8-5-16/h4-5,7-10,13-14,17-18H,3,6,11-12,15,26-27H2,1-2H3,(H2,28,29)/b22-14-. The van der Waals surface area contributed by atoms with E-state index in [4.69, 9.17) is 17.2 Å². The SMILES string of the molecule is CC1(C)CSc2ccc(N=C(N)/C=C(\N)C3CCC(Cc4ccc(N)cc4)C3)cc21. The molecule has 158 valence electrons. The van der Waals surface area contributed by atoms with E-state index in [9.17, 15) is 0 Å². The number of allylic oxidation sites excluding steroid dienone is 1. The van der Waals surface area contributed by atoms with Crippen molar-refractivity contribution in [3.63, 3.8) is 0 Å². The summed E-state index contributed by atoms with van der Waals surface area (Å²) in [6.07, 6.45) is 6.35. The fourth-order valence-corrected chi connectivity index (χ4v) is 5.93. The van der Waals surface area contributed by atoms with E-state index in [1.54, 1.807) is 0 Å². The number of thioether (sulfide) groups is 1. The van der Waals surface area contributed by atoms with Crippen molar-refractivity contribution in [3.05, 3.63) is 65.4 Å². The number of hydrogen-bond donors (Lipinski definition) is 3. The summed E-state index contributed by atoms with van der Waals surface area (Å²) >= 11 is 1.91. The molecular formula is C25H32N4S. The largest absolute Gasteiger partial charge is 0.402 e. The number of aliphatic imine (C=N–C) groups is 1. The maximum atomic E-state index is 6.42. The van der Waals surface area contributed by atoms with E-state index in [0.29, 0.717) is 17.7 Å². The van der Waals surface area contributed by atoms with Crippen molar-refractivity contribution in [1.82, 2.24) is 0 Å². The Kier molecular flexibility index (Phi) is 5.83. The number of benzene rings is 2. The Balaban J connectivity index is 1.40. The average Bonchev–Trinajstić information content (AvgIpc) is 3.28. The summed E-state index contributed by atoms with van der Waals surface area (Å²) in [5.41, 5.74) is 23.9. The first-order valence-corrected chi connectivity index (χ1v) is 11.7. The number of rotatable bonds is 5. The van der Waals surface area contributed by atoms with E-state index in [0.717, 1.165) is 42.1 Å². The normalized spacial score (nSPS) is 23.5. The fourth-order valence-electron chi connectivity index (χ4n) is 4.60. The second-order valence-corrected chi connectivity index (χ2v) is 10.4. The molecular weight excluding hydrogens is 388 g/mol. The molecule has 0 saturated heterocycles. The zero-order valence-electron chi connectivity index (χ0n) is 17.9. The van der Waals surface area contributed by atoms with E-state index in [-0.39, 0.29) is 5.41 Å². The lowest BCUT2D eigenvalue weighted by molar-refractivity contribution is 0.521. The summed E-state index contributed by atoms with van der Waals surface area (Å²) in [5.74, 6) is 2.63. The van der Waals surface area contributed by atoms with Crippen molar-refractivity contribution >= 4 is 29.0 Å². The van der Waals surface area contributed by atoms with Gasteiger partial charge in [0, 0.05) is 27.4 Å². The Morgan fingerprint density at radius 2 is 1.90 bits per heavy atom. The molecule has 0 spiro atoms. The first kappa shape index (κ1) is 20.9. The molecule has 4 rings (SSSR count). The molecule has 2 aromatic rings. The first-order valence-electron chi connectivity index (χ1n) is 10.7. The smallest absolute Gasteiger partial charge is 0.125 e. The van der Waals surface area contributed by atoms with Crippen molar-refractivity contribution < 1.29 is 0 Å². The maximum absolute atomic E-state index is 6.42. The molecule has 0 bridgehead atoms. The highest BCUT2D eigenvalue weighted by atomic mass is 32.2. The molecule has 1 aliphatic heterocycles. The molecule has 1 saturated carbocycles.